The summed E-state index contributed by atoms with van der Waals surface area (Å²) in [5.74, 6) is -0.580. The summed E-state index contributed by atoms with van der Waals surface area (Å²) in [7, 11) is 0. The lowest BCUT2D eigenvalue weighted by atomic mass is 10.0. The number of likely N-dealkylation sites (tertiary alicyclic amines) is 1. The number of aromatic nitrogens is 3. The molecule has 0 bridgehead atoms. The molecule has 2 aromatic carbocycles. The third-order valence-corrected chi connectivity index (χ3v) is 9.10. The van der Waals surface area contributed by atoms with E-state index in [-0.39, 0.29) is 36.7 Å². The Kier molecular flexibility index (Phi) is 8.72. The average Bonchev–Trinajstić information content (AvgIpc) is 3.69. The van der Waals surface area contributed by atoms with Crippen molar-refractivity contribution in [3.63, 3.8) is 0 Å². The molecule has 1 aliphatic heterocycles. The predicted molar refractivity (Wildman–Crippen MR) is 164 cm³/mol. The van der Waals surface area contributed by atoms with Crippen LogP contribution >= 0.6 is 27.3 Å². The van der Waals surface area contributed by atoms with Crippen LogP contribution in [0.2, 0.25) is 0 Å². The summed E-state index contributed by atoms with van der Waals surface area (Å²) in [6, 6.07) is 14.3. The highest BCUT2D eigenvalue weighted by Crippen LogP contribution is 2.31. The van der Waals surface area contributed by atoms with Gasteiger partial charge in [-0.15, -0.1) is 11.3 Å². The van der Waals surface area contributed by atoms with Gasteiger partial charge in [-0.1, -0.05) is 66.2 Å². The van der Waals surface area contributed by atoms with Gasteiger partial charge in [-0.25, -0.2) is 4.98 Å². The van der Waals surface area contributed by atoms with E-state index in [1.807, 2.05) is 87.9 Å². The lowest BCUT2D eigenvalue weighted by molar-refractivity contribution is -0.142. The number of carbonyl (C=O) groups excluding carboxylic acids is 2. The van der Waals surface area contributed by atoms with Crippen LogP contribution < -0.4 is 5.32 Å². The van der Waals surface area contributed by atoms with Gasteiger partial charge in [0.05, 0.1) is 34.4 Å². The van der Waals surface area contributed by atoms with Crippen molar-refractivity contribution in [3.8, 4) is 21.6 Å². The Morgan fingerprint density at radius 1 is 1.05 bits per heavy atom. The Bertz CT molecular complexity index is 1520. The molecule has 3 heterocycles. The molecular weight excluding hydrogens is 602 g/mol. The molecule has 2 aromatic heterocycles. The third-order valence-electron chi connectivity index (χ3n) is 7.59. The van der Waals surface area contributed by atoms with Crippen molar-refractivity contribution in [1.82, 2.24) is 25.0 Å². The Morgan fingerprint density at radius 2 is 1.73 bits per heavy atom. The molecule has 41 heavy (non-hydrogen) atoms. The number of halogens is 1. The Hall–Kier alpha value is -3.34. The largest absolute Gasteiger partial charge is 0.391 e. The first-order valence-electron chi connectivity index (χ1n) is 13.7. The second-order valence-electron chi connectivity index (χ2n) is 10.9. The molecule has 10 heteroatoms. The van der Waals surface area contributed by atoms with Crippen LogP contribution in [0.15, 0.2) is 70.9 Å². The fourth-order valence-electron chi connectivity index (χ4n) is 5.36. The van der Waals surface area contributed by atoms with Crippen LogP contribution in [-0.2, 0) is 9.59 Å². The number of rotatable bonds is 8. The predicted octanol–water partition coefficient (Wildman–Crippen LogP) is 5.78. The number of thiazole rings is 1. The second-order valence-corrected chi connectivity index (χ2v) is 12.7. The van der Waals surface area contributed by atoms with Gasteiger partial charge in [0.2, 0.25) is 11.8 Å². The van der Waals surface area contributed by atoms with Crippen LogP contribution in [0.5, 0.6) is 0 Å². The molecule has 2 N–H and O–H groups in total. The van der Waals surface area contributed by atoms with Crippen LogP contribution in [0, 0.1) is 12.8 Å². The number of benzene rings is 2. The number of nitrogens with zero attached hydrogens (tertiary/aromatic N) is 4. The molecule has 2 amide bonds. The van der Waals surface area contributed by atoms with Crippen LogP contribution in [0.25, 0.3) is 21.6 Å². The van der Waals surface area contributed by atoms with E-state index in [9.17, 15) is 14.7 Å². The molecule has 4 atom stereocenters. The van der Waals surface area contributed by atoms with Gasteiger partial charge in [-0.3, -0.25) is 14.3 Å². The van der Waals surface area contributed by atoms with E-state index in [1.165, 1.54) is 4.90 Å². The number of β-amino-alcohol motifs (C(OH)–C–C–N with tert-alkyl or cyclic N) is 1. The van der Waals surface area contributed by atoms with Crippen LogP contribution in [0.4, 0.5) is 0 Å². The molecule has 0 radical (unpaired) electrons. The first-order valence-corrected chi connectivity index (χ1v) is 15.4. The highest BCUT2D eigenvalue weighted by atomic mass is 79.9. The van der Waals surface area contributed by atoms with E-state index < -0.39 is 18.2 Å². The van der Waals surface area contributed by atoms with Gasteiger partial charge in [-0.2, -0.15) is 5.10 Å². The zero-order valence-electron chi connectivity index (χ0n) is 23.5. The normalized spacial score (nSPS) is 18.5. The van der Waals surface area contributed by atoms with Crippen molar-refractivity contribution < 1.29 is 14.7 Å². The molecule has 0 spiro atoms. The highest BCUT2D eigenvalue weighted by Gasteiger charge is 2.42. The maximum Gasteiger partial charge on any atom is 0.248 e. The molecule has 2 unspecified atom stereocenters. The molecule has 1 fully saturated rings. The summed E-state index contributed by atoms with van der Waals surface area (Å²) in [4.78, 5) is 34.4. The number of aryl methyl sites for hydroxylation is 1. The van der Waals surface area contributed by atoms with E-state index >= 15 is 0 Å². The van der Waals surface area contributed by atoms with Crippen LogP contribution in [-0.4, -0.2) is 55.3 Å². The van der Waals surface area contributed by atoms with Crippen molar-refractivity contribution in [2.45, 2.75) is 58.3 Å². The Morgan fingerprint density at radius 3 is 2.37 bits per heavy atom. The van der Waals surface area contributed by atoms with Crippen molar-refractivity contribution in [2.24, 2.45) is 5.92 Å². The minimum absolute atomic E-state index is 0.0822. The van der Waals surface area contributed by atoms with E-state index in [0.717, 1.165) is 37.3 Å². The maximum absolute atomic E-state index is 13.9. The molecule has 1 saturated heterocycles. The fourth-order valence-corrected chi connectivity index (χ4v) is 6.43. The van der Waals surface area contributed by atoms with E-state index in [0.29, 0.717) is 0 Å². The summed E-state index contributed by atoms with van der Waals surface area (Å²) < 4.78 is 2.66. The highest BCUT2D eigenvalue weighted by molar-refractivity contribution is 9.10. The topological polar surface area (TPSA) is 100 Å². The van der Waals surface area contributed by atoms with E-state index in [1.54, 1.807) is 22.2 Å². The first-order chi connectivity index (χ1) is 19.6. The number of hydrogen-bond donors (Lipinski definition) is 2. The number of aliphatic hydroxyl groups excluding tert-OH is 1. The monoisotopic (exact) mass is 635 g/mol. The van der Waals surface area contributed by atoms with Gasteiger partial charge in [0, 0.05) is 29.2 Å². The lowest BCUT2D eigenvalue weighted by Crippen LogP contribution is -2.49. The summed E-state index contributed by atoms with van der Waals surface area (Å²) >= 11 is 5.06. The van der Waals surface area contributed by atoms with Crippen LogP contribution in [0.3, 0.4) is 0 Å². The minimum Gasteiger partial charge on any atom is -0.391 e. The van der Waals surface area contributed by atoms with Gasteiger partial charge >= 0.3 is 0 Å². The lowest BCUT2D eigenvalue weighted by Gasteiger charge is -2.30. The SMILES string of the molecule is Cc1ncsc1-c1ccc(C(C)NC(=O)[C@@H]2C[C@@H](O)CN2C(=O)C(C(C)C)n2cc(-c3ccc(Br)cc3)cn2)cc1. The molecule has 0 saturated carbocycles. The zero-order chi connectivity index (χ0) is 29.3. The smallest absolute Gasteiger partial charge is 0.248 e. The van der Waals surface area contributed by atoms with Crippen molar-refractivity contribution in [2.75, 3.05) is 6.54 Å². The molecule has 5 rings (SSSR count). The summed E-state index contributed by atoms with van der Waals surface area (Å²) in [5, 5.41) is 18.1. The number of aliphatic hydroxyl groups is 1. The fraction of sp³-hybridized carbons (Fsp3) is 0.355. The average molecular weight is 637 g/mol. The summed E-state index contributed by atoms with van der Waals surface area (Å²) in [5.41, 5.74) is 6.77. The maximum atomic E-state index is 13.9. The van der Waals surface area contributed by atoms with Gasteiger partial charge in [-0.05, 0) is 48.6 Å². The standard InChI is InChI=1S/C31H34BrN5O3S/c1-18(2)28(37-15-24(14-34-37)22-9-11-25(32)12-10-22)31(40)36-16-26(38)13-27(36)30(39)35-19(3)21-5-7-23(8-6-21)29-20(4)33-17-41-29/h5-12,14-15,17-19,26-28,38H,13,16H2,1-4H3,(H,35,39)/t19?,26-,27+,28?/m1/s1. The summed E-state index contributed by atoms with van der Waals surface area (Å²) in [6.45, 7) is 7.95. The first kappa shape index (κ1) is 29.2. The van der Waals surface area contributed by atoms with Crippen molar-refractivity contribution in [3.05, 3.63) is 82.2 Å². The molecule has 214 valence electrons. The molecule has 4 aromatic rings. The van der Waals surface area contributed by atoms with Gasteiger partial charge in [0.25, 0.3) is 0 Å². The number of amides is 2. The third kappa shape index (κ3) is 6.29. The van der Waals surface area contributed by atoms with Gasteiger partial charge < -0.3 is 15.3 Å². The summed E-state index contributed by atoms with van der Waals surface area (Å²) in [6.07, 6.45) is 3.04. The quantitative estimate of drug-likeness (QED) is 0.256. The zero-order valence-corrected chi connectivity index (χ0v) is 25.9. The number of nitrogens with one attached hydrogen (secondary N) is 1. The Labute approximate surface area is 252 Å². The molecule has 1 aliphatic rings. The molecule has 8 nitrogen and oxygen atoms in total. The van der Waals surface area contributed by atoms with Crippen LogP contribution in [0.1, 0.15) is 50.5 Å². The van der Waals surface area contributed by atoms with Gasteiger partial charge in [0.15, 0.2) is 0 Å². The van der Waals surface area contributed by atoms with Crippen molar-refractivity contribution in [1.29, 1.82) is 0 Å². The van der Waals surface area contributed by atoms with E-state index in [2.05, 4.69) is 31.3 Å². The van der Waals surface area contributed by atoms with E-state index in [4.69, 9.17) is 0 Å². The molecule has 0 aliphatic carbocycles. The minimum atomic E-state index is -0.768. The molecular formula is C31H34BrN5O3S. The number of hydrogen-bond acceptors (Lipinski definition) is 6. The van der Waals surface area contributed by atoms with Crippen molar-refractivity contribution >= 4 is 39.1 Å². The van der Waals surface area contributed by atoms with Gasteiger partial charge in [0.1, 0.15) is 12.1 Å². The second kappa shape index (κ2) is 12.3. The number of carbonyl (C=O) groups is 2. The Balaban J connectivity index is 1.30.